The molecule has 3 rings (SSSR count). The summed E-state index contributed by atoms with van der Waals surface area (Å²) < 4.78 is 5.80. The van der Waals surface area contributed by atoms with Gasteiger partial charge in [-0.1, -0.05) is 55.5 Å². The molecule has 0 radical (unpaired) electrons. The molecule has 1 N–H and O–H groups in total. The summed E-state index contributed by atoms with van der Waals surface area (Å²) in [6, 6.07) is 20.9. The Balaban J connectivity index is 1.48. The number of para-hydroxylation sites is 1. The van der Waals surface area contributed by atoms with E-state index in [1.54, 1.807) is 0 Å². The van der Waals surface area contributed by atoms with Crippen molar-refractivity contribution in [2.45, 2.75) is 25.8 Å². The van der Waals surface area contributed by atoms with Gasteiger partial charge in [-0.2, -0.15) is 0 Å². The van der Waals surface area contributed by atoms with E-state index in [4.69, 9.17) is 4.42 Å². The van der Waals surface area contributed by atoms with E-state index in [9.17, 15) is 0 Å². The van der Waals surface area contributed by atoms with E-state index >= 15 is 0 Å². The molecule has 2 aromatic carbocycles. The monoisotopic (exact) mass is 279 g/mol. The minimum absolute atomic E-state index is 0.578. The largest absolute Gasteiger partial charge is 0.460 e. The third kappa shape index (κ3) is 3.53. The SMILES string of the molecule is CC(CCNCc1cc2ccccc2o1)c1ccccc1. The van der Waals surface area contributed by atoms with E-state index < -0.39 is 0 Å². The number of nitrogens with one attached hydrogen (secondary N) is 1. The fraction of sp³-hybridized carbons (Fsp3) is 0.263. The molecule has 2 heteroatoms. The summed E-state index contributed by atoms with van der Waals surface area (Å²) in [6.07, 6.45) is 1.13. The minimum Gasteiger partial charge on any atom is -0.460 e. The molecule has 0 saturated carbocycles. The van der Waals surface area contributed by atoms with Crippen LogP contribution < -0.4 is 5.32 Å². The van der Waals surface area contributed by atoms with Gasteiger partial charge in [0, 0.05) is 5.39 Å². The second-order valence-corrected chi connectivity index (χ2v) is 5.53. The topological polar surface area (TPSA) is 25.2 Å². The van der Waals surface area contributed by atoms with Crippen LogP contribution in [0.4, 0.5) is 0 Å². The van der Waals surface area contributed by atoms with Crippen molar-refractivity contribution in [1.82, 2.24) is 5.32 Å². The highest BCUT2D eigenvalue weighted by Gasteiger charge is 2.05. The molecule has 0 aliphatic rings. The zero-order valence-electron chi connectivity index (χ0n) is 12.4. The first kappa shape index (κ1) is 13.9. The summed E-state index contributed by atoms with van der Waals surface area (Å²) in [5.74, 6) is 1.58. The number of hydrogen-bond donors (Lipinski definition) is 1. The van der Waals surface area contributed by atoms with Crippen LogP contribution in [0.3, 0.4) is 0 Å². The molecule has 1 aromatic heterocycles. The first-order valence-electron chi connectivity index (χ1n) is 7.56. The van der Waals surface area contributed by atoms with E-state index in [1.165, 1.54) is 10.9 Å². The molecule has 0 aliphatic carbocycles. The summed E-state index contributed by atoms with van der Waals surface area (Å²) in [4.78, 5) is 0. The molecule has 0 saturated heterocycles. The molecular formula is C19H21NO. The Labute approximate surface area is 125 Å². The second-order valence-electron chi connectivity index (χ2n) is 5.53. The Morgan fingerprint density at radius 3 is 2.57 bits per heavy atom. The van der Waals surface area contributed by atoms with Crippen molar-refractivity contribution < 1.29 is 4.42 Å². The Kier molecular flexibility index (Phi) is 4.37. The van der Waals surface area contributed by atoms with Gasteiger partial charge >= 0.3 is 0 Å². The van der Waals surface area contributed by atoms with Gasteiger partial charge in [0.25, 0.3) is 0 Å². The molecule has 0 spiro atoms. The van der Waals surface area contributed by atoms with Gasteiger partial charge < -0.3 is 9.73 Å². The minimum atomic E-state index is 0.578. The summed E-state index contributed by atoms with van der Waals surface area (Å²) in [7, 11) is 0. The lowest BCUT2D eigenvalue weighted by Crippen LogP contribution is -2.16. The molecule has 1 atom stereocenters. The van der Waals surface area contributed by atoms with Crippen molar-refractivity contribution in [3.05, 3.63) is 72.0 Å². The number of rotatable bonds is 6. The fourth-order valence-corrected chi connectivity index (χ4v) is 2.60. The molecule has 1 unspecified atom stereocenters. The van der Waals surface area contributed by atoms with Crippen LogP contribution in [0.5, 0.6) is 0 Å². The van der Waals surface area contributed by atoms with Gasteiger partial charge in [-0.3, -0.25) is 0 Å². The summed E-state index contributed by atoms with van der Waals surface area (Å²) in [5, 5.41) is 4.64. The molecule has 21 heavy (non-hydrogen) atoms. The Bertz CT molecular complexity index is 654. The average molecular weight is 279 g/mol. The molecule has 0 fully saturated rings. The first-order valence-corrected chi connectivity index (χ1v) is 7.56. The maximum atomic E-state index is 5.80. The molecule has 3 aromatic rings. The van der Waals surface area contributed by atoms with Gasteiger partial charge in [0.15, 0.2) is 0 Å². The number of fused-ring (bicyclic) bond motifs is 1. The lowest BCUT2D eigenvalue weighted by Gasteiger charge is -2.11. The lowest BCUT2D eigenvalue weighted by atomic mass is 9.98. The van der Waals surface area contributed by atoms with Crippen LogP contribution in [0.1, 0.15) is 30.6 Å². The van der Waals surface area contributed by atoms with Gasteiger partial charge in [0.1, 0.15) is 11.3 Å². The zero-order chi connectivity index (χ0) is 14.5. The van der Waals surface area contributed by atoms with Crippen LogP contribution in [0.2, 0.25) is 0 Å². The van der Waals surface area contributed by atoms with Gasteiger partial charge in [-0.25, -0.2) is 0 Å². The van der Waals surface area contributed by atoms with E-state index in [0.29, 0.717) is 5.92 Å². The van der Waals surface area contributed by atoms with E-state index in [-0.39, 0.29) is 0 Å². The maximum absolute atomic E-state index is 5.80. The van der Waals surface area contributed by atoms with E-state index in [1.807, 2.05) is 18.2 Å². The highest BCUT2D eigenvalue weighted by Crippen LogP contribution is 2.19. The highest BCUT2D eigenvalue weighted by atomic mass is 16.3. The van der Waals surface area contributed by atoms with Gasteiger partial charge in [0.2, 0.25) is 0 Å². The second kappa shape index (κ2) is 6.59. The maximum Gasteiger partial charge on any atom is 0.134 e. The van der Waals surface area contributed by atoms with Crippen molar-refractivity contribution in [1.29, 1.82) is 0 Å². The zero-order valence-corrected chi connectivity index (χ0v) is 12.4. The molecule has 2 nitrogen and oxygen atoms in total. The van der Waals surface area contributed by atoms with Crippen LogP contribution >= 0.6 is 0 Å². The van der Waals surface area contributed by atoms with Crippen LogP contribution in [-0.4, -0.2) is 6.54 Å². The summed E-state index contributed by atoms with van der Waals surface area (Å²) in [6.45, 7) is 4.06. The number of furan rings is 1. The Hall–Kier alpha value is -2.06. The van der Waals surface area contributed by atoms with Crippen LogP contribution in [-0.2, 0) is 6.54 Å². The molecule has 0 bridgehead atoms. The van der Waals surface area contributed by atoms with Crippen LogP contribution in [0, 0.1) is 0 Å². The predicted octanol–water partition coefficient (Wildman–Crippen LogP) is 4.72. The highest BCUT2D eigenvalue weighted by molar-refractivity contribution is 5.77. The smallest absolute Gasteiger partial charge is 0.134 e. The third-order valence-corrected chi connectivity index (χ3v) is 3.90. The lowest BCUT2D eigenvalue weighted by molar-refractivity contribution is 0.502. The molecule has 0 aliphatic heterocycles. The summed E-state index contributed by atoms with van der Waals surface area (Å²) in [5.41, 5.74) is 2.37. The molecular weight excluding hydrogens is 258 g/mol. The van der Waals surface area contributed by atoms with Gasteiger partial charge in [0.05, 0.1) is 6.54 Å². The summed E-state index contributed by atoms with van der Waals surface area (Å²) >= 11 is 0. The Morgan fingerprint density at radius 1 is 1.00 bits per heavy atom. The van der Waals surface area contributed by atoms with Crippen LogP contribution in [0.25, 0.3) is 11.0 Å². The van der Waals surface area contributed by atoms with Gasteiger partial charge in [-0.15, -0.1) is 0 Å². The van der Waals surface area contributed by atoms with Gasteiger partial charge in [-0.05, 0) is 36.6 Å². The normalized spacial score (nSPS) is 12.6. The van der Waals surface area contributed by atoms with Crippen molar-refractivity contribution in [2.24, 2.45) is 0 Å². The predicted molar refractivity (Wildman–Crippen MR) is 87.4 cm³/mol. The average Bonchev–Trinajstić information content (AvgIpc) is 2.95. The van der Waals surface area contributed by atoms with Crippen molar-refractivity contribution in [3.8, 4) is 0 Å². The van der Waals surface area contributed by atoms with E-state index in [0.717, 1.165) is 30.9 Å². The molecule has 108 valence electrons. The molecule has 0 amide bonds. The van der Waals surface area contributed by atoms with Crippen molar-refractivity contribution in [2.75, 3.05) is 6.54 Å². The molecule has 1 heterocycles. The third-order valence-electron chi connectivity index (χ3n) is 3.90. The number of hydrogen-bond acceptors (Lipinski definition) is 2. The van der Waals surface area contributed by atoms with E-state index in [2.05, 4.69) is 54.7 Å². The number of benzene rings is 2. The standard InChI is InChI=1S/C19H21NO/c1-15(16-7-3-2-4-8-16)11-12-20-14-18-13-17-9-5-6-10-19(17)21-18/h2-10,13,15,20H,11-12,14H2,1H3. The quantitative estimate of drug-likeness (QED) is 0.661. The van der Waals surface area contributed by atoms with Crippen molar-refractivity contribution in [3.63, 3.8) is 0 Å². The van der Waals surface area contributed by atoms with Crippen LogP contribution in [0.15, 0.2) is 65.1 Å². The fourth-order valence-electron chi connectivity index (χ4n) is 2.60. The first-order chi connectivity index (χ1) is 10.3. The Morgan fingerprint density at radius 2 is 1.76 bits per heavy atom. The van der Waals surface area contributed by atoms with Crippen molar-refractivity contribution >= 4 is 11.0 Å².